The van der Waals surface area contributed by atoms with Gasteiger partial charge in [0.2, 0.25) is 0 Å². The van der Waals surface area contributed by atoms with E-state index in [2.05, 4.69) is 40.9 Å². The van der Waals surface area contributed by atoms with Crippen LogP contribution in [0.4, 0.5) is 0 Å². The molecule has 3 nitrogen and oxygen atoms in total. The van der Waals surface area contributed by atoms with E-state index < -0.39 is 0 Å². The molecule has 104 valence electrons. The van der Waals surface area contributed by atoms with Crippen molar-refractivity contribution in [3.63, 3.8) is 0 Å². The average molecular weight is 285 g/mol. The van der Waals surface area contributed by atoms with Crippen LogP contribution in [0.5, 0.6) is 0 Å². The van der Waals surface area contributed by atoms with Gasteiger partial charge < -0.3 is 4.57 Å². The topological polar surface area (TPSA) is 30.7 Å². The summed E-state index contributed by atoms with van der Waals surface area (Å²) in [4.78, 5) is 9.32. The predicted octanol–water partition coefficient (Wildman–Crippen LogP) is 3.90. The summed E-state index contributed by atoms with van der Waals surface area (Å²) in [5.74, 6) is 2.30. The van der Waals surface area contributed by atoms with E-state index in [1.165, 1.54) is 16.7 Å². The number of imidazole rings is 1. The van der Waals surface area contributed by atoms with Crippen LogP contribution in [0.3, 0.4) is 0 Å². The Morgan fingerprint density at radius 1 is 1.20 bits per heavy atom. The van der Waals surface area contributed by atoms with Gasteiger partial charge in [-0.15, -0.1) is 0 Å². The number of para-hydroxylation sites is 1. The first-order chi connectivity index (χ1) is 9.85. The summed E-state index contributed by atoms with van der Waals surface area (Å²) in [7, 11) is 0. The molecule has 2 aromatic heterocycles. The van der Waals surface area contributed by atoms with Crippen molar-refractivity contribution in [1.82, 2.24) is 14.5 Å². The van der Waals surface area contributed by atoms with Gasteiger partial charge in [-0.05, 0) is 18.7 Å². The van der Waals surface area contributed by atoms with E-state index in [0.29, 0.717) is 0 Å². The highest BCUT2D eigenvalue weighted by Gasteiger charge is 2.13. The molecule has 0 radical (unpaired) electrons. The summed E-state index contributed by atoms with van der Waals surface area (Å²) in [6.07, 6.45) is 6.20. The van der Waals surface area contributed by atoms with Crippen LogP contribution in [-0.4, -0.2) is 26.5 Å². The molecule has 0 aliphatic carbocycles. The number of fused-ring (bicyclic) bond motifs is 3. The van der Waals surface area contributed by atoms with Crippen LogP contribution in [-0.2, 0) is 13.0 Å². The maximum atomic E-state index is 4.80. The molecular weight excluding hydrogens is 266 g/mol. The molecule has 0 fully saturated rings. The number of aromatic nitrogens is 3. The molecule has 0 saturated heterocycles. The van der Waals surface area contributed by atoms with Gasteiger partial charge in [-0.3, -0.25) is 4.98 Å². The van der Waals surface area contributed by atoms with Crippen molar-refractivity contribution in [3.05, 3.63) is 36.3 Å². The molecule has 0 bridgehead atoms. The highest BCUT2D eigenvalue weighted by molar-refractivity contribution is 7.98. The molecule has 0 N–H and O–H groups in total. The maximum Gasteiger partial charge on any atom is 0.109 e. The van der Waals surface area contributed by atoms with Gasteiger partial charge in [0, 0.05) is 24.1 Å². The molecule has 1 aromatic carbocycles. The van der Waals surface area contributed by atoms with Crippen LogP contribution >= 0.6 is 11.8 Å². The van der Waals surface area contributed by atoms with Gasteiger partial charge in [0.05, 0.1) is 17.2 Å². The third-order valence-electron chi connectivity index (χ3n) is 3.55. The standard InChI is InChI=1S/C16H19N3S/c1-3-6-15-18-14-11-17-13-8-5-4-7-12(13)16(14)19(15)9-10-20-2/h4-5,7-8,11H,3,6,9-10H2,1-2H3. The van der Waals surface area contributed by atoms with E-state index in [1.807, 2.05) is 24.0 Å². The minimum Gasteiger partial charge on any atom is -0.327 e. The number of thioether (sulfide) groups is 1. The molecule has 0 saturated carbocycles. The Morgan fingerprint density at radius 3 is 2.85 bits per heavy atom. The van der Waals surface area contributed by atoms with Crippen molar-refractivity contribution >= 4 is 33.7 Å². The van der Waals surface area contributed by atoms with Crippen molar-refractivity contribution in [1.29, 1.82) is 0 Å². The van der Waals surface area contributed by atoms with E-state index >= 15 is 0 Å². The molecule has 3 aromatic rings. The number of pyridine rings is 1. The van der Waals surface area contributed by atoms with E-state index in [-0.39, 0.29) is 0 Å². The van der Waals surface area contributed by atoms with Gasteiger partial charge in [0.25, 0.3) is 0 Å². The number of aryl methyl sites for hydroxylation is 2. The Balaban J connectivity index is 2.27. The average Bonchev–Trinajstić information content (AvgIpc) is 2.83. The zero-order chi connectivity index (χ0) is 13.9. The van der Waals surface area contributed by atoms with Gasteiger partial charge >= 0.3 is 0 Å². The first-order valence-corrected chi connectivity index (χ1v) is 8.46. The fraction of sp³-hybridized carbons (Fsp3) is 0.375. The second-order valence-electron chi connectivity index (χ2n) is 4.93. The summed E-state index contributed by atoms with van der Waals surface area (Å²) in [5.41, 5.74) is 3.31. The van der Waals surface area contributed by atoms with E-state index in [4.69, 9.17) is 4.98 Å². The lowest BCUT2D eigenvalue weighted by molar-refractivity contribution is 0.707. The van der Waals surface area contributed by atoms with Gasteiger partial charge in [0.1, 0.15) is 11.3 Å². The number of benzene rings is 1. The Hall–Kier alpha value is -1.55. The summed E-state index contributed by atoms with van der Waals surface area (Å²) in [5, 5.41) is 1.21. The number of nitrogens with zero attached hydrogens (tertiary/aromatic N) is 3. The monoisotopic (exact) mass is 285 g/mol. The van der Waals surface area contributed by atoms with E-state index in [0.717, 1.165) is 36.2 Å². The fourth-order valence-electron chi connectivity index (χ4n) is 2.65. The third kappa shape index (κ3) is 2.29. The number of hydrogen-bond donors (Lipinski definition) is 0. The van der Waals surface area contributed by atoms with Gasteiger partial charge in [0.15, 0.2) is 0 Å². The molecule has 4 heteroatoms. The minimum absolute atomic E-state index is 1.01. The Kier molecular flexibility index (Phi) is 3.92. The Labute approximate surface area is 123 Å². The second-order valence-corrected chi connectivity index (χ2v) is 5.92. The summed E-state index contributed by atoms with van der Waals surface area (Å²) in [6.45, 7) is 3.22. The number of rotatable bonds is 5. The molecule has 0 spiro atoms. The van der Waals surface area contributed by atoms with Crippen LogP contribution in [0.1, 0.15) is 19.2 Å². The highest BCUT2D eigenvalue weighted by atomic mass is 32.2. The van der Waals surface area contributed by atoms with Gasteiger partial charge in [-0.25, -0.2) is 4.98 Å². The van der Waals surface area contributed by atoms with E-state index in [1.54, 1.807) is 0 Å². The summed E-state index contributed by atoms with van der Waals surface area (Å²) in [6, 6.07) is 8.34. The molecule has 0 amide bonds. The lowest BCUT2D eigenvalue weighted by Gasteiger charge is -2.09. The van der Waals surface area contributed by atoms with Crippen molar-refractivity contribution < 1.29 is 0 Å². The Bertz CT molecular complexity index is 733. The van der Waals surface area contributed by atoms with Crippen molar-refractivity contribution in [2.45, 2.75) is 26.3 Å². The van der Waals surface area contributed by atoms with Crippen LogP contribution in [0.15, 0.2) is 30.5 Å². The number of hydrogen-bond acceptors (Lipinski definition) is 3. The molecule has 2 heterocycles. The van der Waals surface area contributed by atoms with Crippen LogP contribution in [0, 0.1) is 0 Å². The summed E-state index contributed by atoms with van der Waals surface area (Å²) < 4.78 is 2.39. The molecule has 0 aliphatic rings. The quantitative estimate of drug-likeness (QED) is 0.712. The normalized spacial score (nSPS) is 11.5. The smallest absolute Gasteiger partial charge is 0.109 e. The lowest BCUT2D eigenvalue weighted by Crippen LogP contribution is -2.06. The fourth-order valence-corrected chi connectivity index (χ4v) is 3.01. The largest absolute Gasteiger partial charge is 0.327 e. The first kappa shape index (κ1) is 13.4. The minimum atomic E-state index is 1.01. The third-order valence-corrected chi connectivity index (χ3v) is 4.14. The molecule has 0 aliphatic heterocycles. The predicted molar refractivity (Wildman–Crippen MR) is 87.4 cm³/mol. The molecule has 20 heavy (non-hydrogen) atoms. The zero-order valence-electron chi connectivity index (χ0n) is 12.0. The molecule has 3 rings (SSSR count). The van der Waals surface area contributed by atoms with Crippen LogP contribution in [0.2, 0.25) is 0 Å². The van der Waals surface area contributed by atoms with Crippen molar-refractivity contribution in [2.75, 3.05) is 12.0 Å². The maximum absolute atomic E-state index is 4.80. The lowest BCUT2D eigenvalue weighted by atomic mass is 10.2. The zero-order valence-corrected chi connectivity index (χ0v) is 12.8. The first-order valence-electron chi connectivity index (χ1n) is 7.07. The van der Waals surface area contributed by atoms with Gasteiger partial charge in [-0.1, -0.05) is 25.1 Å². The van der Waals surface area contributed by atoms with Crippen LogP contribution in [0.25, 0.3) is 21.9 Å². The molecule has 0 atom stereocenters. The molecule has 0 unspecified atom stereocenters. The SMILES string of the molecule is CCCc1nc2cnc3ccccc3c2n1CCSC. The van der Waals surface area contributed by atoms with Gasteiger partial charge in [-0.2, -0.15) is 11.8 Å². The Morgan fingerprint density at radius 2 is 2.05 bits per heavy atom. The van der Waals surface area contributed by atoms with E-state index in [9.17, 15) is 0 Å². The van der Waals surface area contributed by atoms with Crippen LogP contribution < -0.4 is 0 Å². The highest BCUT2D eigenvalue weighted by Crippen LogP contribution is 2.25. The van der Waals surface area contributed by atoms with Crippen molar-refractivity contribution in [3.8, 4) is 0 Å². The molecular formula is C16H19N3S. The second kappa shape index (κ2) is 5.83. The summed E-state index contributed by atoms with van der Waals surface area (Å²) >= 11 is 1.88. The van der Waals surface area contributed by atoms with Crippen molar-refractivity contribution in [2.24, 2.45) is 0 Å².